The SMILES string of the molecule is CS(=O)(=O)Nc1ccc(-c2csc(NC(=O)c3cn(-c4ccccc4)nn3)n2)cc1. The van der Waals surface area contributed by atoms with Crippen molar-refractivity contribution in [1.82, 2.24) is 20.0 Å². The lowest BCUT2D eigenvalue weighted by Gasteiger charge is -2.04. The van der Waals surface area contributed by atoms with Crippen LogP contribution < -0.4 is 10.0 Å². The van der Waals surface area contributed by atoms with Crippen molar-refractivity contribution in [1.29, 1.82) is 0 Å². The molecule has 0 atom stereocenters. The minimum absolute atomic E-state index is 0.173. The Bertz CT molecular complexity index is 1280. The summed E-state index contributed by atoms with van der Waals surface area (Å²) in [7, 11) is -3.33. The first-order valence-corrected chi connectivity index (χ1v) is 11.5. The molecule has 1 amide bonds. The van der Waals surface area contributed by atoms with E-state index in [1.165, 1.54) is 16.0 Å². The van der Waals surface area contributed by atoms with Gasteiger partial charge in [-0.3, -0.25) is 14.8 Å². The van der Waals surface area contributed by atoms with Crippen LogP contribution in [0.4, 0.5) is 10.8 Å². The molecule has 0 unspecified atom stereocenters. The molecule has 0 aliphatic heterocycles. The molecule has 0 saturated carbocycles. The molecular weight excluding hydrogens is 424 g/mol. The summed E-state index contributed by atoms with van der Waals surface area (Å²) in [5, 5.41) is 12.8. The molecule has 4 rings (SSSR count). The van der Waals surface area contributed by atoms with Crippen molar-refractivity contribution in [3.05, 3.63) is 71.9 Å². The first-order chi connectivity index (χ1) is 14.4. The van der Waals surface area contributed by atoms with Gasteiger partial charge in [0.1, 0.15) is 0 Å². The standard InChI is InChI=1S/C19H16N6O3S2/c1-30(27,28)23-14-9-7-13(8-10-14)17-12-29-19(20-17)21-18(26)16-11-25(24-22-16)15-5-3-2-4-6-15/h2-12,23H,1H3,(H,20,21,26). The van der Waals surface area contributed by atoms with Crippen molar-refractivity contribution in [2.75, 3.05) is 16.3 Å². The number of amides is 1. The Balaban J connectivity index is 1.44. The summed E-state index contributed by atoms with van der Waals surface area (Å²) in [5.41, 5.74) is 2.89. The Hall–Kier alpha value is -3.57. The maximum atomic E-state index is 12.5. The average molecular weight is 441 g/mol. The van der Waals surface area contributed by atoms with E-state index in [0.717, 1.165) is 17.5 Å². The van der Waals surface area contributed by atoms with Crippen molar-refractivity contribution < 1.29 is 13.2 Å². The van der Waals surface area contributed by atoms with Gasteiger partial charge in [-0.05, 0) is 24.3 Å². The number of hydrogen-bond acceptors (Lipinski definition) is 7. The van der Waals surface area contributed by atoms with Gasteiger partial charge in [-0.15, -0.1) is 16.4 Å². The number of para-hydroxylation sites is 1. The van der Waals surface area contributed by atoms with Gasteiger partial charge >= 0.3 is 0 Å². The second kappa shape index (κ2) is 8.05. The van der Waals surface area contributed by atoms with Gasteiger partial charge in [0, 0.05) is 16.6 Å². The maximum Gasteiger partial charge on any atom is 0.279 e. The zero-order chi connectivity index (χ0) is 21.1. The Morgan fingerprint density at radius 1 is 1.07 bits per heavy atom. The zero-order valence-electron chi connectivity index (χ0n) is 15.7. The number of aromatic nitrogens is 4. The normalized spacial score (nSPS) is 11.2. The van der Waals surface area contributed by atoms with E-state index in [0.29, 0.717) is 16.5 Å². The van der Waals surface area contributed by atoms with Crippen molar-refractivity contribution in [3.63, 3.8) is 0 Å². The van der Waals surface area contributed by atoms with E-state index in [1.54, 1.807) is 35.8 Å². The van der Waals surface area contributed by atoms with E-state index in [-0.39, 0.29) is 5.69 Å². The third-order valence-corrected chi connectivity index (χ3v) is 5.32. The first kappa shape index (κ1) is 19.7. The molecule has 0 aliphatic carbocycles. The Morgan fingerprint density at radius 3 is 2.50 bits per heavy atom. The lowest BCUT2D eigenvalue weighted by atomic mass is 10.1. The van der Waals surface area contributed by atoms with Crippen LogP contribution in [0.2, 0.25) is 0 Å². The van der Waals surface area contributed by atoms with Crippen molar-refractivity contribution in [3.8, 4) is 16.9 Å². The summed E-state index contributed by atoms with van der Waals surface area (Å²) in [5.74, 6) is -0.411. The number of thiazole rings is 1. The van der Waals surface area contributed by atoms with Crippen molar-refractivity contribution in [2.45, 2.75) is 0 Å². The summed E-state index contributed by atoms with van der Waals surface area (Å²) in [4.78, 5) is 16.9. The molecule has 0 aliphatic rings. The number of rotatable bonds is 6. The highest BCUT2D eigenvalue weighted by molar-refractivity contribution is 7.92. The topological polar surface area (TPSA) is 119 Å². The molecule has 2 aromatic heterocycles. The van der Waals surface area contributed by atoms with Gasteiger partial charge in [0.25, 0.3) is 5.91 Å². The highest BCUT2D eigenvalue weighted by Gasteiger charge is 2.14. The van der Waals surface area contributed by atoms with Crippen LogP contribution in [0.25, 0.3) is 16.9 Å². The third-order valence-electron chi connectivity index (χ3n) is 3.96. The number of nitrogens with one attached hydrogen (secondary N) is 2. The van der Waals surface area contributed by atoms with E-state index >= 15 is 0 Å². The summed E-state index contributed by atoms with van der Waals surface area (Å²) in [6.07, 6.45) is 2.64. The summed E-state index contributed by atoms with van der Waals surface area (Å²) in [6, 6.07) is 16.2. The van der Waals surface area contributed by atoms with Crippen LogP contribution in [0.5, 0.6) is 0 Å². The fourth-order valence-corrected chi connectivity index (χ4v) is 3.90. The van der Waals surface area contributed by atoms with E-state index in [1.807, 2.05) is 30.3 Å². The first-order valence-electron chi connectivity index (χ1n) is 8.70. The number of carbonyl (C=O) groups excluding carboxylic acids is 1. The lowest BCUT2D eigenvalue weighted by molar-refractivity contribution is 0.102. The molecule has 0 spiro atoms. The Labute approximate surface area is 176 Å². The van der Waals surface area contributed by atoms with Gasteiger partial charge in [0.2, 0.25) is 10.0 Å². The summed E-state index contributed by atoms with van der Waals surface area (Å²) < 4.78 is 26.5. The van der Waals surface area contributed by atoms with Crippen molar-refractivity contribution >= 4 is 38.1 Å². The monoisotopic (exact) mass is 440 g/mol. The average Bonchev–Trinajstić information content (AvgIpc) is 3.38. The van der Waals surface area contributed by atoms with Gasteiger partial charge in [-0.25, -0.2) is 18.1 Å². The fourth-order valence-electron chi connectivity index (χ4n) is 2.62. The smallest absolute Gasteiger partial charge is 0.279 e. The predicted molar refractivity (Wildman–Crippen MR) is 115 cm³/mol. The zero-order valence-corrected chi connectivity index (χ0v) is 17.3. The van der Waals surface area contributed by atoms with Gasteiger partial charge in [-0.1, -0.05) is 35.5 Å². The molecule has 0 radical (unpaired) electrons. The fraction of sp³-hybridized carbons (Fsp3) is 0.0526. The molecule has 2 aromatic carbocycles. The van der Waals surface area contributed by atoms with Gasteiger partial charge in [0.15, 0.2) is 10.8 Å². The molecule has 4 aromatic rings. The van der Waals surface area contributed by atoms with Crippen LogP contribution in [-0.2, 0) is 10.0 Å². The lowest BCUT2D eigenvalue weighted by Crippen LogP contribution is -2.12. The molecule has 9 nitrogen and oxygen atoms in total. The molecule has 152 valence electrons. The molecule has 0 bridgehead atoms. The maximum absolute atomic E-state index is 12.5. The largest absolute Gasteiger partial charge is 0.296 e. The minimum Gasteiger partial charge on any atom is -0.296 e. The number of carbonyl (C=O) groups is 1. The second-order valence-electron chi connectivity index (χ2n) is 6.33. The molecular formula is C19H16N6O3S2. The molecule has 2 heterocycles. The predicted octanol–water partition coefficient (Wildman–Crippen LogP) is 3.01. The molecule has 0 fully saturated rings. The quantitative estimate of drug-likeness (QED) is 0.476. The summed E-state index contributed by atoms with van der Waals surface area (Å²) >= 11 is 1.28. The highest BCUT2D eigenvalue weighted by Crippen LogP contribution is 2.26. The van der Waals surface area contributed by atoms with E-state index in [2.05, 4.69) is 25.3 Å². The van der Waals surface area contributed by atoms with Crippen LogP contribution in [0, 0.1) is 0 Å². The number of hydrogen-bond donors (Lipinski definition) is 2. The molecule has 11 heteroatoms. The van der Waals surface area contributed by atoms with Gasteiger partial charge in [-0.2, -0.15) is 0 Å². The summed E-state index contributed by atoms with van der Waals surface area (Å²) in [6.45, 7) is 0. The van der Waals surface area contributed by atoms with E-state index in [9.17, 15) is 13.2 Å². The highest BCUT2D eigenvalue weighted by atomic mass is 32.2. The van der Waals surface area contributed by atoms with Gasteiger partial charge in [0.05, 0.1) is 23.8 Å². The minimum atomic E-state index is -3.33. The van der Waals surface area contributed by atoms with Crippen LogP contribution in [-0.4, -0.2) is 40.6 Å². The number of benzene rings is 2. The van der Waals surface area contributed by atoms with Crippen LogP contribution >= 0.6 is 11.3 Å². The third kappa shape index (κ3) is 4.70. The Morgan fingerprint density at radius 2 is 1.80 bits per heavy atom. The Kier molecular flexibility index (Phi) is 5.29. The van der Waals surface area contributed by atoms with Crippen LogP contribution in [0.1, 0.15) is 10.5 Å². The van der Waals surface area contributed by atoms with E-state index in [4.69, 9.17) is 0 Å². The van der Waals surface area contributed by atoms with Crippen LogP contribution in [0.15, 0.2) is 66.2 Å². The van der Waals surface area contributed by atoms with Crippen molar-refractivity contribution in [2.24, 2.45) is 0 Å². The van der Waals surface area contributed by atoms with Gasteiger partial charge < -0.3 is 0 Å². The van der Waals surface area contributed by atoms with E-state index < -0.39 is 15.9 Å². The number of sulfonamides is 1. The molecule has 0 saturated heterocycles. The van der Waals surface area contributed by atoms with Crippen LogP contribution in [0.3, 0.4) is 0 Å². The number of nitrogens with zero attached hydrogens (tertiary/aromatic N) is 4. The molecule has 2 N–H and O–H groups in total. The number of anilines is 2. The second-order valence-corrected chi connectivity index (χ2v) is 8.93. The molecule has 30 heavy (non-hydrogen) atoms.